The first-order valence-corrected chi connectivity index (χ1v) is 5.77. The first-order chi connectivity index (χ1) is 9.08. The van der Waals surface area contributed by atoms with Crippen LogP contribution in [0.5, 0.6) is 5.75 Å². The maximum Gasteiger partial charge on any atom is 0.149 e. The molecule has 0 saturated carbocycles. The highest BCUT2D eigenvalue weighted by Crippen LogP contribution is 2.34. The fraction of sp³-hybridized carbons (Fsp3) is 0.0714. The van der Waals surface area contributed by atoms with Gasteiger partial charge in [-0.2, -0.15) is 0 Å². The van der Waals surface area contributed by atoms with Gasteiger partial charge in [0, 0.05) is 7.05 Å². The summed E-state index contributed by atoms with van der Waals surface area (Å²) in [7, 11) is 1.77. The number of phenols is 1. The molecular weight excluding hydrogens is 245 g/mol. The molecule has 2 aromatic carbocycles. The van der Waals surface area contributed by atoms with Crippen molar-refractivity contribution in [2.24, 2.45) is 7.05 Å². The molecule has 0 aliphatic rings. The summed E-state index contributed by atoms with van der Waals surface area (Å²) < 4.78 is 15.0. The van der Waals surface area contributed by atoms with E-state index in [9.17, 15) is 9.50 Å². The molecule has 0 aliphatic heterocycles. The molecule has 0 fully saturated rings. The second-order valence-electron chi connectivity index (χ2n) is 4.37. The molecule has 0 aliphatic carbocycles. The number of aromatic nitrogens is 2. The lowest BCUT2D eigenvalue weighted by atomic mass is 10.1. The summed E-state index contributed by atoms with van der Waals surface area (Å²) in [5.74, 6) is 0.214. The zero-order valence-corrected chi connectivity index (χ0v) is 10.3. The van der Waals surface area contributed by atoms with Gasteiger partial charge in [-0.25, -0.2) is 9.37 Å². The van der Waals surface area contributed by atoms with E-state index in [1.165, 1.54) is 12.1 Å². The van der Waals surface area contributed by atoms with Crippen molar-refractivity contribution in [2.75, 3.05) is 5.73 Å². The summed E-state index contributed by atoms with van der Waals surface area (Å²) in [5, 5.41) is 10.0. The minimum atomic E-state index is -0.321. The van der Waals surface area contributed by atoms with Crippen LogP contribution >= 0.6 is 0 Å². The number of rotatable bonds is 1. The number of nitrogens with two attached hydrogens (primary N) is 1. The van der Waals surface area contributed by atoms with Crippen molar-refractivity contribution in [1.82, 2.24) is 9.55 Å². The Labute approximate surface area is 108 Å². The van der Waals surface area contributed by atoms with Crippen LogP contribution in [0.25, 0.3) is 22.4 Å². The van der Waals surface area contributed by atoms with Crippen molar-refractivity contribution in [3.8, 4) is 17.1 Å². The largest absolute Gasteiger partial charge is 0.505 e. The summed E-state index contributed by atoms with van der Waals surface area (Å²) in [4.78, 5) is 4.41. The molecule has 3 aromatic rings. The smallest absolute Gasteiger partial charge is 0.149 e. The van der Waals surface area contributed by atoms with Crippen molar-refractivity contribution >= 4 is 16.7 Å². The van der Waals surface area contributed by atoms with Crippen LogP contribution in [0.1, 0.15) is 0 Å². The lowest BCUT2D eigenvalue weighted by Crippen LogP contribution is -1.95. The molecular formula is C14H12FN3O. The van der Waals surface area contributed by atoms with E-state index < -0.39 is 0 Å². The predicted octanol–water partition coefficient (Wildman–Crippen LogP) is 2.67. The Bertz CT molecular complexity index is 780. The van der Waals surface area contributed by atoms with Crippen LogP contribution in [-0.2, 0) is 7.05 Å². The van der Waals surface area contributed by atoms with Crippen molar-refractivity contribution in [2.45, 2.75) is 0 Å². The number of hydrogen-bond donors (Lipinski definition) is 2. The Morgan fingerprint density at radius 1 is 1.26 bits per heavy atom. The molecule has 0 saturated heterocycles. The number of nitrogen functional groups attached to an aromatic ring is 1. The molecule has 3 rings (SSSR count). The predicted molar refractivity (Wildman–Crippen MR) is 72.2 cm³/mol. The Morgan fingerprint density at radius 3 is 2.84 bits per heavy atom. The average Bonchev–Trinajstić information content (AvgIpc) is 2.70. The van der Waals surface area contributed by atoms with Gasteiger partial charge in [0.1, 0.15) is 17.4 Å². The fourth-order valence-electron chi connectivity index (χ4n) is 2.15. The molecule has 0 amide bonds. The third-order valence-electron chi connectivity index (χ3n) is 3.15. The molecule has 0 bridgehead atoms. The second kappa shape index (κ2) is 3.98. The third-order valence-corrected chi connectivity index (χ3v) is 3.15. The average molecular weight is 257 g/mol. The molecule has 1 heterocycles. The van der Waals surface area contributed by atoms with Gasteiger partial charge in [0.25, 0.3) is 0 Å². The number of imidazole rings is 1. The molecule has 1 aromatic heterocycles. The lowest BCUT2D eigenvalue weighted by molar-refractivity contribution is 0.479. The van der Waals surface area contributed by atoms with E-state index in [0.29, 0.717) is 22.4 Å². The summed E-state index contributed by atoms with van der Waals surface area (Å²) in [5.41, 5.74) is 7.83. The van der Waals surface area contributed by atoms with Gasteiger partial charge in [-0.05, 0) is 30.3 Å². The monoisotopic (exact) mass is 257 g/mol. The quantitative estimate of drug-likeness (QED) is 0.520. The summed E-state index contributed by atoms with van der Waals surface area (Å²) >= 11 is 0. The second-order valence-corrected chi connectivity index (χ2v) is 4.37. The molecule has 5 heteroatoms. The van der Waals surface area contributed by atoms with E-state index in [4.69, 9.17) is 5.73 Å². The van der Waals surface area contributed by atoms with Crippen molar-refractivity contribution < 1.29 is 9.50 Å². The summed E-state index contributed by atoms with van der Waals surface area (Å²) in [6.45, 7) is 0. The van der Waals surface area contributed by atoms with Crippen molar-refractivity contribution in [1.29, 1.82) is 0 Å². The topological polar surface area (TPSA) is 64.1 Å². The van der Waals surface area contributed by atoms with E-state index >= 15 is 0 Å². The highest BCUT2D eigenvalue weighted by atomic mass is 19.1. The van der Waals surface area contributed by atoms with E-state index in [1.807, 2.05) is 0 Å². The van der Waals surface area contributed by atoms with Crippen LogP contribution in [0.4, 0.5) is 10.1 Å². The fourth-order valence-corrected chi connectivity index (χ4v) is 2.15. The maximum absolute atomic E-state index is 13.3. The van der Waals surface area contributed by atoms with E-state index in [1.54, 1.807) is 35.9 Å². The molecule has 0 atom stereocenters. The van der Waals surface area contributed by atoms with Gasteiger partial charge < -0.3 is 15.4 Å². The normalized spacial score (nSPS) is 11.1. The third kappa shape index (κ3) is 1.71. The number of fused-ring (bicyclic) bond motifs is 1. The number of benzene rings is 2. The lowest BCUT2D eigenvalue weighted by Gasteiger charge is -2.06. The van der Waals surface area contributed by atoms with Crippen LogP contribution in [0.15, 0.2) is 36.4 Å². The van der Waals surface area contributed by atoms with Crippen LogP contribution in [-0.4, -0.2) is 14.7 Å². The Balaban J connectivity index is 2.31. The minimum Gasteiger partial charge on any atom is -0.505 e. The number of phenolic OH excluding ortho intramolecular Hbond substituents is 1. The van der Waals surface area contributed by atoms with Crippen molar-refractivity contribution in [3.05, 3.63) is 42.2 Å². The molecule has 4 nitrogen and oxygen atoms in total. The van der Waals surface area contributed by atoms with E-state index in [-0.39, 0.29) is 17.3 Å². The van der Waals surface area contributed by atoms with Crippen molar-refractivity contribution in [3.63, 3.8) is 0 Å². The number of para-hydroxylation sites is 1. The van der Waals surface area contributed by atoms with Gasteiger partial charge in [0.05, 0.1) is 22.3 Å². The zero-order chi connectivity index (χ0) is 13.6. The highest BCUT2D eigenvalue weighted by molar-refractivity contribution is 5.83. The van der Waals surface area contributed by atoms with Crippen LogP contribution in [0, 0.1) is 5.82 Å². The van der Waals surface area contributed by atoms with Crippen LogP contribution < -0.4 is 5.73 Å². The number of hydrogen-bond acceptors (Lipinski definition) is 3. The maximum atomic E-state index is 13.3. The number of halogens is 1. The standard InChI is InChI=1S/C14H12FN3O/c1-18-12-7-8(15)5-6-11(12)17-14(18)9-3-2-4-10(16)13(9)19/h2-7,19H,16H2,1H3. The van der Waals surface area contributed by atoms with Gasteiger partial charge in [-0.3, -0.25) is 0 Å². The summed E-state index contributed by atoms with van der Waals surface area (Å²) in [6.07, 6.45) is 0. The van der Waals surface area contributed by atoms with Gasteiger partial charge in [-0.15, -0.1) is 0 Å². The minimum absolute atomic E-state index is 0.0126. The first kappa shape index (κ1) is 11.5. The SMILES string of the molecule is Cn1c(-c2cccc(N)c2O)nc2ccc(F)cc21. The van der Waals surface area contributed by atoms with Crippen LogP contribution in [0.3, 0.4) is 0 Å². The Kier molecular flexibility index (Phi) is 2.41. The van der Waals surface area contributed by atoms with Gasteiger partial charge in [0.15, 0.2) is 0 Å². The number of anilines is 1. The molecule has 0 unspecified atom stereocenters. The van der Waals surface area contributed by atoms with E-state index in [0.717, 1.165) is 0 Å². The highest BCUT2D eigenvalue weighted by Gasteiger charge is 2.14. The summed E-state index contributed by atoms with van der Waals surface area (Å²) in [6, 6.07) is 9.46. The molecule has 0 spiro atoms. The van der Waals surface area contributed by atoms with Gasteiger partial charge >= 0.3 is 0 Å². The number of nitrogens with zero attached hydrogens (tertiary/aromatic N) is 2. The Hall–Kier alpha value is -2.56. The first-order valence-electron chi connectivity index (χ1n) is 5.77. The van der Waals surface area contributed by atoms with Gasteiger partial charge in [-0.1, -0.05) is 6.07 Å². The Morgan fingerprint density at radius 2 is 2.05 bits per heavy atom. The molecule has 96 valence electrons. The van der Waals surface area contributed by atoms with Gasteiger partial charge in [0.2, 0.25) is 0 Å². The molecule has 19 heavy (non-hydrogen) atoms. The molecule has 3 N–H and O–H groups in total. The van der Waals surface area contributed by atoms with Crippen LogP contribution in [0.2, 0.25) is 0 Å². The van der Waals surface area contributed by atoms with E-state index in [2.05, 4.69) is 4.98 Å². The number of aryl methyl sites for hydroxylation is 1. The number of aromatic hydroxyl groups is 1. The molecule has 0 radical (unpaired) electrons. The zero-order valence-electron chi connectivity index (χ0n) is 10.3.